The Labute approximate surface area is 235 Å². The van der Waals surface area contributed by atoms with Crippen LogP contribution in [0, 0.1) is 11.6 Å². The van der Waals surface area contributed by atoms with Crippen molar-refractivity contribution in [3.8, 4) is 5.75 Å². The first-order chi connectivity index (χ1) is 19.7. The van der Waals surface area contributed by atoms with Crippen molar-refractivity contribution in [2.75, 3.05) is 19.7 Å². The molecular formula is C30H31F2N3O6. The second-order valence-electron chi connectivity index (χ2n) is 10.0. The molecule has 0 unspecified atom stereocenters. The van der Waals surface area contributed by atoms with Crippen LogP contribution in [0.5, 0.6) is 5.75 Å². The molecule has 0 radical (unpaired) electrons. The van der Waals surface area contributed by atoms with Gasteiger partial charge in [0.05, 0.1) is 18.8 Å². The first kappa shape index (κ1) is 28.3. The summed E-state index contributed by atoms with van der Waals surface area (Å²) in [6.07, 6.45) is 0.0142. The second-order valence-corrected chi connectivity index (χ2v) is 10.0. The van der Waals surface area contributed by atoms with Gasteiger partial charge in [-0.15, -0.1) is 0 Å². The molecule has 1 aliphatic heterocycles. The summed E-state index contributed by atoms with van der Waals surface area (Å²) in [6.45, 7) is 5.55. The van der Waals surface area contributed by atoms with Crippen LogP contribution in [0.15, 0.2) is 47.4 Å². The van der Waals surface area contributed by atoms with Crippen molar-refractivity contribution in [3.63, 3.8) is 0 Å². The average molecular weight is 568 g/mol. The lowest BCUT2D eigenvalue weighted by atomic mass is 9.81. The maximum absolute atomic E-state index is 15.2. The Hall–Kier alpha value is -4.28. The third-order valence-corrected chi connectivity index (χ3v) is 7.47. The van der Waals surface area contributed by atoms with Crippen molar-refractivity contribution >= 4 is 12.1 Å². The fraction of sp³-hybridized carbons (Fsp3) is 0.400. The van der Waals surface area contributed by atoms with E-state index in [0.29, 0.717) is 48.1 Å². The van der Waals surface area contributed by atoms with Crippen molar-refractivity contribution in [3.05, 3.63) is 92.4 Å². The summed E-state index contributed by atoms with van der Waals surface area (Å²) in [7, 11) is 0. The number of carbonyl (C=O) groups is 2. The smallest absolute Gasteiger partial charge is 0.448 e. The monoisotopic (exact) mass is 567 g/mol. The zero-order chi connectivity index (χ0) is 29.3. The zero-order valence-corrected chi connectivity index (χ0v) is 23.1. The highest BCUT2D eigenvalue weighted by molar-refractivity contribution is 5.96. The van der Waals surface area contributed by atoms with E-state index in [-0.39, 0.29) is 36.2 Å². The molecule has 11 heteroatoms. The van der Waals surface area contributed by atoms with Gasteiger partial charge in [0.1, 0.15) is 11.6 Å². The average Bonchev–Trinajstić information content (AvgIpc) is 3.10. The molecule has 2 atom stereocenters. The fourth-order valence-corrected chi connectivity index (χ4v) is 5.83. The van der Waals surface area contributed by atoms with Crippen molar-refractivity contribution < 1.29 is 32.6 Å². The highest BCUT2D eigenvalue weighted by atomic mass is 19.1. The van der Waals surface area contributed by atoms with Crippen LogP contribution in [0.3, 0.4) is 0 Å². The molecule has 9 nitrogen and oxygen atoms in total. The van der Waals surface area contributed by atoms with Gasteiger partial charge in [-0.1, -0.05) is 31.2 Å². The van der Waals surface area contributed by atoms with Crippen molar-refractivity contribution in [2.45, 2.75) is 58.3 Å². The molecule has 5 rings (SSSR count). The minimum atomic E-state index is -1.26. The summed E-state index contributed by atoms with van der Waals surface area (Å²) >= 11 is 0. The molecular weight excluding hydrogens is 536 g/mol. The zero-order valence-electron chi connectivity index (χ0n) is 23.1. The summed E-state index contributed by atoms with van der Waals surface area (Å²) in [5, 5.41) is 4.36. The number of amides is 1. The molecule has 2 aliphatic rings. The molecule has 1 aromatic heterocycles. The number of benzene rings is 2. The maximum Gasteiger partial charge on any atom is 0.511 e. The van der Waals surface area contributed by atoms with Gasteiger partial charge in [-0.05, 0) is 60.6 Å². The number of hydrogen-bond acceptors (Lipinski definition) is 7. The van der Waals surface area contributed by atoms with Crippen LogP contribution in [-0.2, 0) is 22.3 Å². The van der Waals surface area contributed by atoms with Crippen LogP contribution < -0.4 is 10.2 Å². The van der Waals surface area contributed by atoms with Crippen LogP contribution in [0.4, 0.5) is 13.6 Å². The molecule has 0 spiro atoms. The van der Waals surface area contributed by atoms with E-state index in [2.05, 4.69) is 5.10 Å². The Morgan fingerprint density at radius 1 is 1.05 bits per heavy atom. The number of nitrogens with zero attached hydrogens (tertiary/aromatic N) is 3. The third kappa shape index (κ3) is 5.28. The van der Waals surface area contributed by atoms with Gasteiger partial charge in [0.2, 0.25) is 17.5 Å². The molecule has 2 aromatic carbocycles. The molecule has 0 saturated heterocycles. The number of aromatic nitrogens is 2. The van der Waals surface area contributed by atoms with Crippen molar-refractivity contribution in [1.82, 2.24) is 14.7 Å². The van der Waals surface area contributed by atoms with Crippen LogP contribution in [-0.4, -0.2) is 52.7 Å². The quantitative estimate of drug-likeness (QED) is 0.300. The van der Waals surface area contributed by atoms with E-state index in [4.69, 9.17) is 14.2 Å². The molecule has 1 amide bonds. The summed E-state index contributed by atoms with van der Waals surface area (Å²) in [6, 6.07) is 9.00. The standard InChI is InChI=1S/C30H31F2N3O6/c1-4-14-34-16-24(26-20-8-6-10-22(31)18(20)12-13-19-21(26)9-7-11-23(19)32)35-27(29(34)37)28(25(36)15-33-35)40-17(3)41-30(38)39-5-2/h6-11,15,17,24,26H,4-5,12-14,16H2,1-3H3/t17-,24+/m0/s1. The molecule has 216 valence electrons. The number of ether oxygens (including phenoxy) is 3. The van der Waals surface area contributed by atoms with E-state index in [1.165, 1.54) is 23.7 Å². The molecule has 0 fully saturated rings. The van der Waals surface area contributed by atoms with Gasteiger partial charge in [0.15, 0.2) is 5.69 Å². The molecule has 1 aliphatic carbocycles. The molecule has 0 N–H and O–H groups in total. The SMILES string of the molecule is CCCN1C[C@H](C2c3cccc(F)c3CCc3c(F)cccc32)n2ncc(=O)c(O[C@H](C)OC(=O)OCC)c2C1=O. The Balaban J connectivity index is 1.70. The van der Waals surface area contributed by atoms with Gasteiger partial charge in [-0.25, -0.2) is 13.6 Å². The Morgan fingerprint density at radius 2 is 1.68 bits per heavy atom. The van der Waals surface area contributed by atoms with E-state index in [1.807, 2.05) is 19.1 Å². The maximum atomic E-state index is 15.2. The highest BCUT2D eigenvalue weighted by Crippen LogP contribution is 2.45. The van der Waals surface area contributed by atoms with Gasteiger partial charge >= 0.3 is 6.16 Å². The normalized spacial score (nSPS) is 17.1. The number of halogens is 2. The molecule has 41 heavy (non-hydrogen) atoms. The number of hydrogen-bond donors (Lipinski definition) is 0. The predicted octanol–water partition coefficient (Wildman–Crippen LogP) is 4.76. The number of rotatable bonds is 7. The van der Waals surface area contributed by atoms with Gasteiger partial charge in [0, 0.05) is 25.9 Å². The highest BCUT2D eigenvalue weighted by Gasteiger charge is 2.42. The minimum absolute atomic E-state index is 0.0799. The minimum Gasteiger partial charge on any atom is -0.448 e. The van der Waals surface area contributed by atoms with Gasteiger partial charge in [0.25, 0.3) is 5.91 Å². The second kappa shape index (κ2) is 11.7. The number of fused-ring (bicyclic) bond motifs is 3. The summed E-state index contributed by atoms with van der Waals surface area (Å²) in [5.41, 5.74) is 1.47. The number of carbonyl (C=O) groups excluding carboxylic acids is 2. The lowest BCUT2D eigenvalue weighted by Crippen LogP contribution is -2.48. The summed E-state index contributed by atoms with van der Waals surface area (Å²) in [4.78, 5) is 40.2. The van der Waals surface area contributed by atoms with Gasteiger partial charge < -0.3 is 19.1 Å². The lowest BCUT2D eigenvalue weighted by molar-refractivity contribution is -0.0533. The predicted molar refractivity (Wildman–Crippen MR) is 144 cm³/mol. The van der Waals surface area contributed by atoms with Crippen LogP contribution in [0.2, 0.25) is 0 Å². The van der Waals surface area contributed by atoms with Crippen LogP contribution in [0.25, 0.3) is 0 Å². The van der Waals surface area contributed by atoms with Crippen molar-refractivity contribution in [2.24, 2.45) is 0 Å². The molecule has 0 saturated carbocycles. The van der Waals surface area contributed by atoms with E-state index < -0.39 is 35.7 Å². The van der Waals surface area contributed by atoms with Crippen molar-refractivity contribution in [1.29, 1.82) is 0 Å². The third-order valence-electron chi connectivity index (χ3n) is 7.47. The largest absolute Gasteiger partial charge is 0.511 e. The van der Waals surface area contributed by atoms with E-state index in [0.717, 1.165) is 6.20 Å². The lowest BCUT2D eigenvalue weighted by Gasteiger charge is -2.40. The Morgan fingerprint density at radius 3 is 2.27 bits per heavy atom. The first-order valence-electron chi connectivity index (χ1n) is 13.7. The summed E-state index contributed by atoms with van der Waals surface area (Å²) < 4.78 is 47.4. The van der Waals surface area contributed by atoms with Gasteiger partial charge in [-0.2, -0.15) is 5.10 Å². The Kier molecular flexibility index (Phi) is 8.05. The first-order valence-corrected chi connectivity index (χ1v) is 13.7. The van der Waals surface area contributed by atoms with E-state index >= 15 is 8.78 Å². The fourth-order valence-electron chi connectivity index (χ4n) is 5.83. The topological polar surface area (TPSA) is 100.0 Å². The van der Waals surface area contributed by atoms with Crippen LogP contribution in [0.1, 0.15) is 71.9 Å². The van der Waals surface area contributed by atoms with Gasteiger partial charge in [-0.3, -0.25) is 14.3 Å². The summed E-state index contributed by atoms with van der Waals surface area (Å²) in [5.74, 6) is -2.20. The molecule has 0 bridgehead atoms. The van der Waals surface area contributed by atoms with Crippen LogP contribution >= 0.6 is 0 Å². The van der Waals surface area contributed by atoms with E-state index in [1.54, 1.807) is 24.0 Å². The Bertz CT molecular complexity index is 1490. The molecule has 2 heterocycles. The van der Waals surface area contributed by atoms with E-state index in [9.17, 15) is 14.4 Å². The molecule has 3 aromatic rings.